The first-order valence-electron chi connectivity index (χ1n) is 19.0. The highest BCUT2D eigenvalue weighted by Crippen LogP contribution is 2.88. The summed E-state index contributed by atoms with van der Waals surface area (Å²) in [5.74, 6) is 0.833. The molecule has 7 nitrogen and oxygen atoms in total. The van der Waals surface area contributed by atoms with Gasteiger partial charge in [-0.25, -0.2) is 0 Å². The molecule has 1 aromatic rings. The number of hydrogen-bond donors (Lipinski definition) is 1. The number of rotatable bonds is 8. The molecule has 0 saturated heterocycles. The lowest BCUT2D eigenvalue weighted by molar-refractivity contribution is -0.168. The first kappa shape index (κ1) is 36.3. The van der Waals surface area contributed by atoms with Gasteiger partial charge in [0.1, 0.15) is 11.9 Å². The smallest absolute Gasteiger partial charge is 0.311 e. The number of hydrogen-bond acceptors (Lipinski definition) is 6. The van der Waals surface area contributed by atoms with E-state index in [0.29, 0.717) is 18.7 Å². The fourth-order valence-corrected chi connectivity index (χ4v) is 12.2. The minimum absolute atomic E-state index is 0.0238. The number of ketones is 1. The van der Waals surface area contributed by atoms with Crippen molar-refractivity contribution < 1.29 is 19.1 Å². The van der Waals surface area contributed by atoms with Gasteiger partial charge < -0.3 is 15.0 Å². The molecule has 1 N–H and O–H groups in total. The van der Waals surface area contributed by atoms with Crippen LogP contribution in [0.1, 0.15) is 113 Å². The van der Waals surface area contributed by atoms with Crippen molar-refractivity contribution in [2.24, 2.45) is 61.2 Å². The number of esters is 1. The van der Waals surface area contributed by atoms with E-state index in [1.165, 1.54) is 5.56 Å². The number of nitrogens with one attached hydrogen (secondary N) is 1. The molecule has 0 aromatic heterocycles. The van der Waals surface area contributed by atoms with E-state index in [-0.39, 0.29) is 80.8 Å². The maximum Gasteiger partial charge on any atom is 0.311 e. The number of nitrogens with zero attached hydrogens (tertiary/aromatic N) is 2. The van der Waals surface area contributed by atoms with Crippen LogP contribution in [0.4, 0.5) is 0 Å². The molecule has 5 fully saturated rings. The Kier molecular flexibility index (Phi) is 8.89. The van der Waals surface area contributed by atoms with Crippen molar-refractivity contribution in [3.05, 3.63) is 35.9 Å². The lowest BCUT2D eigenvalue weighted by atomic mass is 9.41. The van der Waals surface area contributed by atoms with Crippen LogP contribution in [0.3, 0.4) is 0 Å². The molecule has 5 aliphatic carbocycles. The molecule has 7 heteroatoms. The molecule has 49 heavy (non-hydrogen) atoms. The van der Waals surface area contributed by atoms with Gasteiger partial charge in [-0.2, -0.15) is 0 Å². The molecule has 6 rings (SSSR count). The van der Waals surface area contributed by atoms with Crippen molar-refractivity contribution in [2.45, 2.75) is 132 Å². The van der Waals surface area contributed by atoms with E-state index >= 15 is 4.79 Å². The molecule has 1 amide bonds. The summed E-state index contributed by atoms with van der Waals surface area (Å²) < 4.78 is 6.50. The molecule has 1 aromatic carbocycles. The van der Waals surface area contributed by atoms with E-state index in [1.54, 1.807) is 0 Å². The van der Waals surface area contributed by atoms with Gasteiger partial charge in [0.2, 0.25) is 5.91 Å². The number of ether oxygens (including phenoxy) is 1. The fourth-order valence-electron chi connectivity index (χ4n) is 12.2. The van der Waals surface area contributed by atoms with Crippen LogP contribution in [-0.4, -0.2) is 61.1 Å². The summed E-state index contributed by atoms with van der Waals surface area (Å²) in [6.45, 7) is 19.7. The first-order chi connectivity index (χ1) is 22.8. The van der Waals surface area contributed by atoms with Gasteiger partial charge in [0.15, 0.2) is 0 Å². The van der Waals surface area contributed by atoms with E-state index < -0.39 is 5.41 Å². The molecule has 270 valence electrons. The van der Waals surface area contributed by atoms with Gasteiger partial charge >= 0.3 is 5.97 Å². The van der Waals surface area contributed by atoms with Crippen molar-refractivity contribution >= 4 is 23.9 Å². The first-order valence-corrected chi connectivity index (χ1v) is 19.0. The summed E-state index contributed by atoms with van der Waals surface area (Å²) in [7, 11) is 4.21. The number of benzene rings is 1. The Morgan fingerprint density at radius 1 is 1.02 bits per heavy atom. The van der Waals surface area contributed by atoms with E-state index in [1.807, 2.05) is 52.8 Å². The monoisotopic (exact) mass is 673 g/mol. The molecule has 0 bridgehead atoms. The maximum absolute atomic E-state index is 15.1. The van der Waals surface area contributed by atoms with Gasteiger partial charge in [-0.05, 0) is 114 Å². The van der Waals surface area contributed by atoms with E-state index in [4.69, 9.17) is 9.73 Å². The van der Waals surface area contributed by atoms with Gasteiger partial charge in [0.25, 0.3) is 0 Å². The third kappa shape index (κ3) is 5.29. The molecule has 0 radical (unpaired) electrons. The number of carbonyl (C=O) groups is 3. The van der Waals surface area contributed by atoms with E-state index in [0.717, 1.165) is 38.5 Å². The van der Waals surface area contributed by atoms with Crippen LogP contribution in [0.15, 0.2) is 35.3 Å². The number of amides is 1. The lowest BCUT2D eigenvalue weighted by Crippen LogP contribution is -2.63. The third-order valence-electron chi connectivity index (χ3n) is 15.1. The molecule has 2 spiro atoms. The SMILES string of the molecule is CC(C)C(=O)N[C@H]1CCC23C[C@]24C(=O)C[C@]2(C)[C@@H]([C@H](C)N(C)C)[C@H](OC(=O)C(C)(C)C)C[C@@]2(C)[C@@H]4CC[C@H]3[C@]1(C)C=NCc1ccccc1. The zero-order valence-electron chi connectivity index (χ0n) is 32.2. The Balaban J connectivity index is 1.37. The molecule has 5 aliphatic rings. The highest BCUT2D eigenvalue weighted by atomic mass is 16.5. The second-order valence-corrected chi connectivity index (χ2v) is 19.1. The molecule has 1 unspecified atom stereocenters. The van der Waals surface area contributed by atoms with E-state index in [9.17, 15) is 9.59 Å². The van der Waals surface area contributed by atoms with Crippen molar-refractivity contribution in [1.82, 2.24) is 10.2 Å². The Morgan fingerprint density at radius 2 is 1.67 bits per heavy atom. The summed E-state index contributed by atoms with van der Waals surface area (Å²) in [6.07, 6.45) is 8.01. The third-order valence-corrected chi connectivity index (χ3v) is 15.1. The average molecular weight is 674 g/mol. The summed E-state index contributed by atoms with van der Waals surface area (Å²) in [5.41, 5.74) is -0.669. The Morgan fingerprint density at radius 3 is 2.29 bits per heavy atom. The Hall–Kier alpha value is -2.54. The van der Waals surface area contributed by atoms with E-state index in [2.05, 4.69) is 70.4 Å². The van der Waals surface area contributed by atoms with Crippen molar-refractivity contribution in [3.8, 4) is 0 Å². The van der Waals surface area contributed by atoms with Crippen LogP contribution in [-0.2, 0) is 25.7 Å². The second kappa shape index (κ2) is 12.0. The maximum atomic E-state index is 15.1. The molecular weight excluding hydrogens is 610 g/mol. The highest BCUT2D eigenvalue weighted by molar-refractivity contribution is 5.92. The molecule has 5 saturated carbocycles. The van der Waals surface area contributed by atoms with Gasteiger partial charge in [-0.1, -0.05) is 65.0 Å². The Bertz CT molecular complexity index is 1500. The standard InChI is InChI=1S/C42H63N3O4/c1-26(2)35(47)44-32-19-20-41-24-42(41)31(18-17-30(41)38(32,7)25-43-23-28-15-13-12-14-16-28)39(8)21-29(49-36(48)37(4,5)6)34(27(3)45(10)11)40(39,9)22-33(42)46/h12-16,25-27,29-32,34H,17-24H2,1-11H3,(H,44,47)/t27-,29+,30-,31-,32-,34-,38-,39-,40+,41?,42-/m0/s1. The minimum Gasteiger partial charge on any atom is -0.462 e. The minimum atomic E-state index is -0.590. The van der Waals surface area contributed by atoms with Crippen molar-refractivity contribution in [1.29, 1.82) is 0 Å². The topological polar surface area (TPSA) is 88.1 Å². The number of fused-ring (bicyclic) bond motifs is 2. The molecule has 0 aliphatic heterocycles. The fraction of sp³-hybridized carbons (Fsp3) is 0.762. The number of aliphatic imine (C=N–C) groups is 1. The number of carbonyl (C=O) groups excluding carboxylic acids is 3. The van der Waals surface area contributed by atoms with Crippen LogP contribution in [0.5, 0.6) is 0 Å². The predicted molar refractivity (Wildman–Crippen MR) is 195 cm³/mol. The summed E-state index contributed by atoms with van der Waals surface area (Å²) in [5, 5.41) is 3.45. The quantitative estimate of drug-likeness (QED) is 0.228. The van der Waals surface area contributed by atoms with Gasteiger partial charge in [0.05, 0.1) is 12.0 Å². The van der Waals surface area contributed by atoms with Crippen LogP contribution in [0.2, 0.25) is 0 Å². The molecular formula is C42H63N3O4. The van der Waals surface area contributed by atoms with Gasteiger partial charge in [0, 0.05) is 47.4 Å². The van der Waals surface area contributed by atoms with Gasteiger partial charge in [-0.3, -0.25) is 19.4 Å². The summed E-state index contributed by atoms with van der Waals surface area (Å²) in [6, 6.07) is 10.5. The highest BCUT2D eigenvalue weighted by Gasteiger charge is 2.86. The number of Topliss-reactive ketones (excluding diaryl/α,β-unsaturated/α-hetero) is 1. The largest absolute Gasteiger partial charge is 0.462 e. The zero-order valence-corrected chi connectivity index (χ0v) is 32.2. The van der Waals surface area contributed by atoms with Crippen molar-refractivity contribution in [3.63, 3.8) is 0 Å². The van der Waals surface area contributed by atoms with Crippen LogP contribution < -0.4 is 5.32 Å². The normalized spacial score (nSPS) is 41.9. The second-order valence-electron chi connectivity index (χ2n) is 19.1. The summed E-state index contributed by atoms with van der Waals surface area (Å²) in [4.78, 5) is 49.0. The zero-order chi connectivity index (χ0) is 35.9. The van der Waals surface area contributed by atoms with Crippen LogP contribution in [0, 0.1) is 56.2 Å². The molecule has 11 atom stereocenters. The van der Waals surface area contributed by atoms with Gasteiger partial charge in [-0.15, -0.1) is 0 Å². The predicted octanol–water partition coefficient (Wildman–Crippen LogP) is 7.51. The summed E-state index contributed by atoms with van der Waals surface area (Å²) >= 11 is 0. The average Bonchev–Trinajstić information content (AvgIpc) is 3.66. The van der Waals surface area contributed by atoms with Crippen molar-refractivity contribution in [2.75, 3.05) is 14.1 Å². The van der Waals surface area contributed by atoms with Crippen LogP contribution in [0.25, 0.3) is 0 Å². The Labute approximate surface area is 295 Å². The van der Waals surface area contributed by atoms with Crippen LogP contribution >= 0.6 is 0 Å². The molecule has 0 heterocycles. The lowest BCUT2D eigenvalue weighted by Gasteiger charge is -2.62.